The summed E-state index contributed by atoms with van der Waals surface area (Å²) in [7, 11) is 5.08. The highest BCUT2D eigenvalue weighted by atomic mass is 35.5. The Labute approximate surface area is 555 Å². The largest absolute Gasteiger partial charge is 0.488 e. The number of ether oxygens (including phenoxy) is 3. The van der Waals surface area contributed by atoms with Gasteiger partial charge in [0, 0.05) is 85.1 Å². The van der Waals surface area contributed by atoms with Crippen LogP contribution in [0, 0.1) is 52.4 Å². The van der Waals surface area contributed by atoms with Crippen LogP contribution in [0.4, 0.5) is 0 Å². The molecule has 0 aromatic heterocycles. The van der Waals surface area contributed by atoms with Gasteiger partial charge in [0.2, 0.25) is 17.7 Å². The predicted octanol–water partition coefficient (Wildman–Crippen LogP) is 16.6. The molecular formula is C72H93Cl5N6O6. The predicted molar refractivity (Wildman–Crippen MR) is 368 cm³/mol. The van der Waals surface area contributed by atoms with E-state index in [1.165, 1.54) is 47.1 Å². The number of hydrogen-bond donors (Lipinski definition) is 3. The van der Waals surface area contributed by atoms with Crippen molar-refractivity contribution < 1.29 is 28.6 Å². The third-order valence-electron chi connectivity index (χ3n) is 16.6. The summed E-state index contributed by atoms with van der Waals surface area (Å²) in [5, 5.41) is 11.2. The van der Waals surface area contributed by atoms with Crippen molar-refractivity contribution in [2.24, 2.45) is 17.8 Å². The van der Waals surface area contributed by atoms with Crippen LogP contribution < -0.4 is 30.2 Å². The molecule has 12 nitrogen and oxygen atoms in total. The summed E-state index contributed by atoms with van der Waals surface area (Å²) >= 11 is 30.6. The second kappa shape index (κ2) is 34.8. The lowest BCUT2D eigenvalue weighted by Crippen LogP contribution is -2.52. The minimum absolute atomic E-state index is 0.113. The fourth-order valence-electron chi connectivity index (χ4n) is 11.5. The Bertz CT molecular complexity index is 3290. The maximum absolute atomic E-state index is 11.7. The Morgan fingerprint density at radius 1 is 0.461 bits per heavy atom. The van der Waals surface area contributed by atoms with Crippen molar-refractivity contribution in [1.82, 2.24) is 30.7 Å². The van der Waals surface area contributed by atoms with E-state index in [4.69, 9.17) is 72.2 Å². The van der Waals surface area contributed by atoms with Gasteiger partial charge in [-0.05, 0) is 170 Å². The lowest BCUT2D eigenvalue weighted by atomic mass is 9.79. The van der Waals surface area contributed by atoms with Crippen LogP contribution >= 0.6 is 58.0 Å². The topological polar surface area (TPSA) is 125 Å². The third kappa shape index (κ3) is 20.0. The molecular weight excluding hydrogens is 1220 g/mol. The van der Waals surface area contributed by atoms with Gasteiger partial charge in [-0.15, -0.1) is 0 Å². The van der Waals surface area contributed by atoms with Crippen LogP contribution in [0.15, 0.2) is 97.1 Å². The van der Waals surface area contributed by atoms with Gasteiger partial charge >= 0.3 is 0 Å². The van der Waals surface area contributed by atoms with Crippen molar-refractivity contribution in [1.29, 1.82) is 0 Å². The Morgan fingerprint density at radius 2 is 0.843 bits per heavy atom. The van der Waals surface area contributed by atoms with Crippen molar-refractivity contribution >= 4 is 75.7 Å². The van der Waals surface area contributed by atoms with Crippen LogP contribution in [-0.2, 0) is 40.6 Å². The summed E-state index contributed by atoms with van der Waals surface area (Å²) in [6.45, 7) is 30.4. The molecule has 4 aliphatic rings. The number of amides is 3. The Hall–Kier alpha value is -5.54. The van der Waals surface area contributed by atoms with Gasteiger partial charge < -0.3 is 30.2 Å². The quantitative estimate of drug-likeness (QED) is 0.0727. The lowest BCUT2D eigenvalue weighted by Gasteiger charge is -2.38. The molecule has 0 radical (unpaired) electrons. The summed E-state index contributed by atoms with van der Waals surface area (Å²) < 4.78 is 18.6. The van der Waals surface area contributed by atoms with Crippen molar-refractivity contribution in [2.45, 2.75) is 140 Å². The standard InChI is InChI=1S/C25H31ClN2O2.C22H26Cl2N2O2.C21H24Cl2N2O2.2C2H6/c1-16-9-19(12-28-13-21(14-28)25(29)27-3)10-17(2)24(16)30-15-18-7-8-23(26)22(11-18)20-5-4-6-20;1-13-7-16(10-26-11-18(12-26)22(27)25-4)8-14(2)21(13)28-15(3)17-5-6-19(23)20(24)9-17;1-13-8-15(10-25-11-17(12-25)21(26)24-3)4-7-20(13)27-14(2)16-5-6-18(22)19(23)9-16;2*1-2/h7-11,20-21H,4-6,12-15H2,1-3H3,(H,27,29);5-9,15,18H,10-12H2,1-4H3,(H,25,27);4-9,14,17H,10-12H2,1-3H3,(H,24,26);2*1-2H3. The number of benzene rings is 6. The molecule has 3 N–H and O–H groups in total. The monoisotopic (exact) mass is 1310 g/mol. The second-order valence-corrected chi connectivity index (χ2v) is 25.4. The molecule has 6 aromatic rings. The molecule has 4 fully saturated rings. The van der Waals surface area contributed by atoms with E-state index in [-0.39, 0.29) is 47.7 Å². The van der Waals surface area contributed by atoms with Gasteiger partial charge in [-0.25, -0.2) is 0 Å². The second-order valence-electron chi connectivity index (χ2n) is 23.4. The van der Waals surface area contributed by atoms with Crippen molar-refractivity contribution in [3.63, 3.8) is 0 Å². The molecule has 10 rings (SSSR count). The zero-order valence-electron chi connectivity index (χ0n) is 54.6. The van der Waals surface area contributed by atoms with Gasteiger partial charge in [0.1, 0.15) is 36.1 Å². The Balaban J connectivity index is 0.000000207. The van der Waals surface area contributed by atoms with Crippen LogP contribution in [0.25, 0.3) is 0 Å². The molecule has 3 heterocycles. The van der Waals surface area contributed by atoms with Gasteiger partial charge in [-0.1, -0.05) is 153 Å². The molecule has 2 unspecified atom stereocenters. The van der Waals surface area contributed by atoms with E-state index in [1.54, 1.807) is 33.3 Å². The lowest BCUT2D eigenvalue weighted by molar-refractivity contribution is -0.130. The first kappa shape index (κ1) is 72.5. The fraction of sp³-hybridized carbons (Fsp3) is 0.458. The first-order chi connectivity index (χ1) is 42.6. The fourth-order valence-corrected chi connectivity index (χ4v) is 12.4. The molecule has 482 valence electrons. The van der Waals surface area contributed by atoms with Gasteiger partial charge in [-0.2, -0.15) is 0 Å². The van der Waals surface area contributed by atoms with Crippen LogP contribution in [0.2, 0.25) is 25.1 Å². The van der Waals surface area contributed by atoms with Gasteiger partial charge in [0.15, 0.2) is 0 Å². The molecule has 3 amide bonds. The van der Waals surface area contributed by atoms with Crippen molar-refractivity contribution in [2.75, 3.05) is 60.4 Å². The van der Waals surface area contributed by atoms with Gasteiger partial charge in [0.05, 0.1) is 37.8 Å². The number of halogens is 5. The normalized spacial score (nSPS) is 15.8. The summed E-state index contributed by atoms with van der Waals surface area (Å²) in [5.74, 6) is 4.08. The molecule has 3 aliphatic heterocycles. The molecule has 2 atom stereocenters. The van der Waals surface area contributed by atoms with E-state index in [0.29, 0.717) is 32.6 Å². The summed E-state index contributed by atoms with van der Waals surface area (Å²) in [6.07, 6.45) is 3.51. The number of aryl methyl sites for hydroxylation is 5. The third-order valence-corrected chi connectivity index (χ3v) is 18.5. The summed E-state index contributed by atoms with van der Waals surface area (Å²) in [4.78, 5) is 41.7. The number of carbonyl (C=O) groups excluding carboxylic acids is 3. The molecule has 0 spiro atoms. The van der Waals surface area contributed by atoms with E-state index in [0.717, 1.165) is 120 Å². The zero-order valence-corrected chi connectivity index (χ0v) is 58.4. The summed E-state index contributed by atoms with van der Waals surface area (Å²) in [5.41, 5.74) is 13.7. The molecule has 0 bridgehead atoms. The molecule has 1 aliphatic carbocycles. The molecule has 3 saturated heterocycles. The minimum atomic E-state index is -0.137. The average molecular weight is 1320 g/mol. The minimum Gasteiger partial charge on any atom is -0.488 e. The molecule has 1 saturated carbocycles. The number of rotatable bonds is 19. The SMILES string of the molecule is CC.CC.CNC(=O)C1CN(Cc2cc(C)c(OC(C)c3ccc(Cl)c(Cl)c3)c(C)c2)C1.CNC(=O)C1CN(Cc2cc(C)c(OCc3ccc(Cl)c(C4CCC4)c3)c(C)c2)C1.CNC(=O)C1CN(Cc2ccc(OC(C)c3ccc(Cl)c(Cl)c3)c(C)c2)C1. The van der Waals surface area contributed by atoms with E-state index < -0.39 is 0 Å². The van der Waals surface area contributed by atoms with E-state index in [1.807, 2.05) is 84.9 Å². The Morgan fingerprint density at radius 3 is 1.24 bits per heavy atom. The maximum Gasteiger partial charge on any atom is 0.225 e. The molecule has 89 heavy (non-hydrogen) atoms. The van der Waals surface area contributed by atoms with Gasteiger partial charge in [0.25, 0.3) is 0 Å². The van der Waals surface area contributed by atoms with E-state index in [9.17, 15) is 14.4 Å². The highest BCUT2D eigenvalue weighted by Crippen LogP contribution is 2.41. The van der Waals surface area contributed by atoms with Crippen LogP contribution in [0.3, 0.4) is 0 Å². The van der Waals surface area contributed by atoms with Crippen LogP contribution in [0.1, 0.15) is 146 Å². The smallest absolute Gasteiger partial charge is 0.225 e. The van der Waals surface area contributed by atoms with E-state index >= 15 is 0 Å². The zero-order chi connectivity index (χ0) is 65.2. The highest BCUT2D eigenvalue weighted by molar-refractivity contribution is 6.42. The number of nitrogens with one attached hydrogen (secondary N) is 3. The Kier molecular flexibility index (Phi) is 28.3. The first-order valence-corrected chi connectivity index (χ1v) is 33.2. The number of hydrogen-bond acceptors (Lipinski definition) is 9. The number of nitrogens with zero attached hydrogens (tertiary/aromatic N) is 3. The first-order valence-electron chi connectivity index (χ1n) is 31.4. The van der Waals surface area contributed by atoms with Crippen LogP contribution in [0.5, 0.6) is 17.2 Å². The number of likely N-dealkylation sites (tertiary alicyclic amines) is 3. The van der Waals surface area contributed by atoms with E-state index in [2.05, 4.69) is 107 Å². The average Bonchev–Trinajstić information content (AvgIpc) is 3.68. The van der Waals surface area contributed by atoms with Crippen molar-refractivity contribution in [3.05, 3.63) is 189 Å². The van der Waals surface area contributed by atoms with Crippen molar-refractivity contribution in [3.8, 4) is 17.2 Å². The highest BCUT2D eigenvalue weighted by Gasteiger charge is 2.34. The molecule has 17 heteroatoms. The number of carbonyl (C=O) groups is 3. The summed E-state index contributed by atoms with van der Waals surface area (Å²) in [6, 6.07) is 32.4. The molecule has 6 aromatic carbocycles. The van der Waals surface area contributed by atoms with Gasteiger partial charge in [-0.3, -0.25) is 29.1 Å². The van der Waals surface area contributed by atoms with Crippen LogP contribution in [-0.4, -0.2) is 92.8 Å². The maximum atomic E-state index is 11.7.